The first kappa shape index (κ1) is 18.1. The maximum Gasteiger partial charge on any atom is 0.234 e. The van der Waals surface area contributed by atoms with Gasteiger partial charge in [0.1, 0.15) is 0 Å². The van der Waals surface area contributed by atoms with Gasteiger partial charge in [-0.1, -0.05) is 37.1 Å². The Hall–Kier alpha value is -1.72. The van der Waals surface area contributed by atoms with E-state index < -0.39 is 0 Å². The molecule has 1 aliphatic carbocycles. The molecule has 1 fully saturated rings. The second kappa shape index (κ2) is 9.11. The largest absolute Gasteiger partial charge is 0.398 e. The number of rotatable bonds is 8. The summed E-state index contributed by atoms with van der Waals surface area (Å²) < 4.78 is 5.84. The van der Waals surface area contributed by atoms with Gasteiger partial charge in [-0.25, -0.2) is 0 Å². The highest BCUT2D eigenvalue weighted by atomic mass is 32.2. The summed E-state index contributed by atoms with van der Waals surface area (Å²) in [6.45, 7) is 0.807. The maximum atomic E-state index is 12.2. The van der Waals surface area contributed by atoms with E-state index in [1.165, 1.54) is 25.7 Å². The van der Waals surface area contributed by atoms with Gasteiger partial charge in [0.15, 0.2) is 0 Å². The van der Waals surface area contributed by atoms with E-state index in [4.69, 9.17) is 10.5 Å². The first-order chi connectivity index (χ1) is 12.2. The van der Waals surface area contributed by atoms with Crippen LogP contribution in [0, 0.1) is 0 Å². The molecule has 5 heteroatoms. The summed E-state index contributed by atoms with van der Waals surface area (Å²) in [4.78, 5) is 12.2. The van der Waals surface area contributed by atoms with Crippen molar-refractivity contribution in [1.29, 1.82) is 0 Å². The highest BCUT2D eigenvalue weighted by Crippen LogP contribution is 2.27. The molecule has 0 unspecified atom stereocenters. The van der Waals surface area contributed by atoms with Crippen molar-refractivity contribution in [1.82, 2.24) is 0 Å². The van der Waals surface area contributed by atoms with E-state index in [2.05, 4.69) is 5.32 Å². The lowest BCUT2D eigenvalue weighted by atomic mass is 10.1. The SMILES string of the molecule is Nc1cccc2c(NC(=O)CSCCCOC3CCCC3)cccc12. The van der Waals surface area contributed by atoms with Gasteiger partial charge >= 0.3 is 0 Å². The Morgan fingerprint density at radius 1 is 1.16 bits per heavy atom. The molecule has 0 aromatic heterocycles. The molecule has 3 N–H and O–H groups in total. The smallest absolute Gasteiger partial charge is 0.234 e. The molecule has 0 atom stereocenters. The summed E-state index contributed by atoms with van der Waals surface area (Å²) in [6, 6.07) is 11.6. The number of ether oxygens (including phenoxy) is 1. The minimum absolute atomic E-state index is 0.0247. The first-order valence-electron chi connectivity index (χ1n) is 9.00. The van der Waals surface area contributed by atoms with Crippen LogP contribution in [0.3, 0.4) is 0 Å². The van der Waals surface area contributed by atoms with Gasteiger partial charge < -0.3 is 15.8 Å². The van der Waals surface area contributed by atoms with E-state index in [0.717, 1.165) is 40.9 Å². The van der Waals surface area contributed by atoms with Gasteiger partial charge in [-0.15, -0.1) is 0 Å². The molecule has 25 heavy (non-hydrogen) atoms. The van der Waals surface area contributed by atoms with Crippen LogP contribution in [-0.4, -0.2) is 30.1 Å². The van der Waals surface area contributed by atoms with Crippen molar-refractivity contribution in [3.63, 3.8) is 0 Å². The number of amides is 1. The molecule has 4 nitrogen and oxygen atoms in total. The zero-order valence-corrected chi connectivity index (χ0v) is 15.3. The predicted octanol–water partition coefficient (Wildman–Crippen LogP) is 4.44. The number of nitrogens with two attached hydrogens (primary N) is 1. The standard InChI is InChI=1S/C20H26N2O2S/c21-18-10-3-9-17-16(18)8-4-11-19(17)22-20(23)14-25-13-5-12-24-15-6-1-2-7-15/h3-4,8-11,15H,1-2,5-7,12-14,21H2,(H,22,23). The highest BCUT2D eigenvalue weighted by Gasteiger charge is 2.14. The normalized spacial score (nSPS) is 14.9. The number of nitrogens with one attached hydrogen (secondary N) is 1. The van der Waals surface area contributed by atoms with Gasteiger partial charge in [0.05, 0.1) is 11.9 Å². The van der Waals surface area contributed by atoms with Crippen molar-refractivity contribution < 1.29 is 9.53 Å². The van der Waals surface area contributed by atoms with Gasteiger partial charge in [-0.3, -0.25) is 4.79 Å². The van der Waals surface area contributed by atoms with E-state index in [-0.39, 0.29) is 5.91 Å². The van der Waals surface area contributed by atoms with E-state index in [0.29, 0.717) is 11.9 Å². The molecule has 2 aromatic rings. The summed E-state index contributed by atoms with van der Waals surface area (Å²) in [5.41, 5.74) is 7.55. The predicted molar refractivity (Wildman–Crippen MR) is 107 cm³/mol. The summed E-state index contributed by atoms with van der Waals surface area (Å²) >= 11 is 1.65. The number of benzene rings is 2. The lowest BCUT2D eigenvalue weighted by Gasteiger charge is -2.11. The quantitative estimate of drug-likeness (QED) is 0.541. The van der Waals surface area contributed by atoms with E-state index >= 15 is 0 Å². The molecular formula is C20H26N2O2S. The van der Waals surface area contributed by atoms with Crippen LogP contribution in [0.5, 0.6) is 0 Å². The molecule has 3 rings (SSSR count). The minimum atomic E-state index is 0.0247. The van der Waals surface area contributed by atoms with Gasteiger partial charge in [-0.05, 0) is 37.1 Å². The average molecular weight is 359 g/mol. The molecule has 0 spiro atoms. The number of hydrogen-bond acceptors (Lipinski definition) is 4. The summed E-state index contributed by atoms with van der Waals surface area (Å²) in [5.74, 6) is 1.43. The van der Waals surface area contributed by atoms with Crippen molar-refractivity contribution >= 4 is 39.8 Å². The Morgan fingerprint density at radius 3 is 2.76 bits per heavy atom. The lowest BCUT2D eigenvalue weighted by Crippen LogP contribution is -2.15. The van der Waals surface area contributed by atoms with Crippen LogP contribution in [0.1, 0.15) is 32.1 Å². The fraction of sp³-hybridized carbons (Fsp3) is 0.450. The minimum Gasteiger partial charge on any atom is -0.398 e. The maximum absolute atomic E-state index is 12.2. The van der Waals surface area contributed by atoms with E-state index in [1.807, 2.05) is 36.4 Å². The van der Waals surface area contributed by atoms with Crippen LogP contribution in [0.2, 0.25) is 0 Å². The molecule has 134 valence electrons. The molecular weight excluding hydrogens is 332 g/mol. The van der Waals surface area contributed by atoms with E-state index in [1.54, 1.807) is 11.8 Å². The Kier molecular flexibility index (Phi) is 6.59. The van der Waals surface area contributed by atoms with Crippen LogP contribution in [0.25, 0.3) is 10.8 Å². The Labute approximate surface area is 153 Å². The summed E-state index contributed by atoms with van der Waals surface area (Å²) in [6.07, 6.45) is 6.51. The molecule has 0 saturated heterocycles. The first-order valence-corrected chi connectivity index (χ1v) is 10.2. The number of carbonyl (C=O) groups is 1. The van der Waals surface area contributed by atoms with Crippen LogP contribution >= 0.6 is 11.8 Å². The van der Waals surface area contributed by atoms with Gasteiger partial charge in [0, 0.05) is 28.8 Å². The van der Waals surface area contributed by atoms with Gasteiger partial charge in [-0.2, -0.15) is 11.8 Å². The topological polar surface area (TPSA) is 64.3 Å². The second-order valence-corrected chi connectivity index (χ2v) is 7.58. The molecule has 0 aliphatic heterocycles. The summed E-state index contributed by atoms with van der Waals surface area (Å²) in [7, 11) is 0. The highest BCUT2D eigenvalue weighted by molar-refractivity contribution is 7.99. The Morgan fingerprint density at radius 2 is 1.92 bits per heavy atom. The number of carbonyl (C=O) groups excluding carboxylic acids is 1. The van der Waals surface area contributed by atoms with Crippen LogP contribution < -0.4 is 11.1 Å². The number of anilines is 2. The van der Waals surface area contributed by atoms with Crippen molar-refractivity contribution in [2.75, 3.05) is 29.2 Å². The molecule has 0 bridgehead atoms. The molecule has 0 radical (unpaired) electrons. The Bertz CT molecular complexity index is 714. The van der Waals surface area contributed by atoms with Crippen molar-refractivity contribution in [3.8, 4) is 0 Å². The zero-order chi connectivity index (χ0) is 17.5. The third kappa shape index (κ3) is 5.13. The Balaban J connectivity index is 1.40. The van der Waals surface area contributed by atoms with Crippen LogP contribution in [-0.2, 0) is 9.53 Å². The molecule has 1 saturated carbocycles. The lowest BCUT2D eigenvalue weighted by molar-refractivity contribution is -0.113. The van der Waals surface area contributed by atoms with Gasteiger partial charge in [0.25, 0.3) is 0 Å². The monoisotopic (exact) mass is 358 g/mol. The number of fused-ring (bicyclic) bond motifs is 1. The molecule has 2 aromatic carbocycles. The van der Waals surface area contributed by atoms with Crippen molar-refractivity contribution in [3.05, 3.63) is 36.4 Å². The second-order valence-electron chi connectivity index (χ2n) is 6.48. The fourth-order valence-corrected chi connectivity index (χ4v) is 3.98. The number of nitrogen functional groups attached to an aromatic ring is 1. The van der Waals surface area contributed by atoms with Crippen molar-refractivity contribution in [2.24, 2.45) is 0 Å². The van der Waals surface area contributed by atoms with Crippen molar-refractivity contribution in [2.45, 2.75) is 38.2 Å². The summed E-state index contributed by atoms with van der Waals surface area (Å²) in [5, 5.41) is 4.95. The van der Waals surface area contributed by atoms with Crippen LogP contribution in [0.4, 0.5) is 11.4 Å². The average Bonchev–Trinajstić information content (AvgIpc) is 3.12. The molecule has 1 aliphatic rings. The molecule has 0 heterocycles. The molecule has 1 amide bonds. The van der Waals surface area contributed by atoms with Crippen LogP contribution in [0.15, 0.2) is 36.4 Å². The fourth-order valence-electron chi connectivity index (χ4n) is 3.26. The zero-order valence-electron chi connectivity index (χ0n) is 14.5. The number of thioether (sulfide) groups is 1. The van der Waals surface area contributed by atoms with Gasteiger partial charge in [0.2, 0.25) is 5.91 Å². The van der Waals surface area contributed by atoms with E-state index in [9.17, 15) is 4.79 Å². The third-order valence-corrected chi connectivity index (χ3v) is 5.60. The number of hydrogen-bond donors (Lipinski definition) is 2. The third-order valence-electron chi connectivity index (χ3n) is 4.55.